The molecule has 6 N–H and O–H groups in total. The van der Waals surface area contributed by atoms with Crippen LogP contribution < -0.4 is 20.9 Å². The lowest BCUT2D eigenvalue weighted by molar-refractivity contribution is -0.684. The van der Waals surface area contributed by atoms with Gasteiger partial charge in [0.1, 0.15) is 22.9 Å². The molecule has 242 valence electrons. The van der Waals surface area contributed by atoms with Crippen LogP contribution in [0.4, 0.5) is 10.8 Å². The highest BCUT2D eigenvalue weighted by atomic mass is 32.2. The van der Waals surface area contributed by atoms with Crippen LogP contribution in [0.2, 0.25) is 0 Å². The van der Waals surface area contributed by atoms with Crippen molar-refractivity contribution >= 4 is 63.5 Å². The van der Waals surface area contributed by atoms with Crippen molar-refractivity contribution in [1.29, 1.82) is 0 Å². The minimum Gasteiger partial charge on any atom is -0.508 e. The molecule has 4 amide bonds. The number of fused-ring (bicyclic) bond motifs is 1. The number of aromatic hydroxyl groups is 1. The Balaban J connectivity index is 1.06. The molecular formula is C31H30N7O7S2+. The largest absolute Gasteiger partial charge is 0.508 e. The van der Waals surface area contributed by atoms with Crippen LogP contribution in [0.3, 0.4) is 0 Å². The third-order valence-corrected chi connectivity index (χ3v) is 9.83. The molecule has 3 aliphatic heterocycles. The van der Waals surface area contributed by atoms with Crippen molar-refractivity contribution in [1.82, 2.24) is 20.1 Å². The molecule has 47 heavy (non-hydrogen) atoms. The number of nitrogens with zero attached hydrogens (tertiary/aromatic N) is 4. The first-order chi connectivity index (χ1) is 22.5. The molecule has 0 unspecified atom stereocenters. The molecule has 2 fully saturated rings. The Hall–Kier alpha value is -5.22. The number of amides is 4. The summed E-state index contributed by atoms with van der Waals surface area (Å²) in [7, 11) is 0. The molecule has 0 saturated carbocycles. The van der Waals surface area contributed by atoms with Crippen LogP contribution >= 0.6 is 23.1 Å². The number of pyridine rings is 1. The van der Waals surface area contributed by atoms with Gasteiger partial charge >= 0.3 is 5.97 Å². The Morgan fingerprint density at radius 1 is 1.11 bits per heavy atom. The van der Waals surface area contributed by atoms with Gasteiger partial charge in [0.2, 0.25) is 18.4 Å². The summed E-state index contributed by atoms with van der Waals surface area (Å²) in [6.07, 6.45) is 5.44. The first kappa shape index (κ1) is 31.7. The maximum absolute atomic E-state index is 13.3. The smallest absolute Gasteiger partial charge is 0.352 e. The topological polar surface area (TPSA) is 199 Å². The van der Waals surface area contributed by atoms with Crippen molar-refractivity contribution in [2.24, 2.45) is 0 Å². The Morgan fingerprint density at radius 2 is 1.85 bits per heavy atom. The summed E-state index contributed by atoms with van der Waals surface area (Å²) in [5.74, 6) is -2.32. The Kier molecular flexibility index (Phi) is 8.95. The van der Waals surface area contributed by atoms with Crippen LogP contribution in [0.1, 0.15) is 17.7 Å². The number of β-lactam (4-membered cyclic amide) rings is 1. The molecule has 16 heteroatoms. The van der Waals surface area contributed by atoms with E-state index in [0.717, 1.165) is 5.56 Å². The number of nitrogens with two attached hydrogens (primary N) is 1. The maximum atomic E-state index is 13.3. The second kappa shape index (κ2) is 13.3. The quantitative estimate of drug-likeness (QED) is 0.0894. The van der Waals surface area contributed by atoms with Gasteiger partial charge in [-0.1, -0.05) is 0 Å². The predicted octanol–water partition coefficient (Wildman–Crippen LogP) is 0.997. The van der Waals surface area contributed by atoms with Crippen molar-refractivity contribution in [2.75, 3.05) is 23.3 Å². The standard InChI is InChI=1S/C31H29N7O7S2/c32-31-34-21(16-47-31)12-23(40)35-25-28(43)38-26(30(44)45)19(15-46-29(25)38)11-18-7-10-37(27(18)42)13-17-5-8-36(9-6-17)14-24(41)33-20-1-3-22(39)4-2-20/h1-6,8-9,11,16,25,29H,7,10,12-15H2,(H5-,32,33,34,35,39,40,41,44,45)/p+1/b18-11+/t25-,29-/m1/s1. The van der Waals surface area contributed by atoms with E-state index in [1.54, 1.807) is 45.4 Å². The predicted molar refractivity (Wildman–Crippen MR) is 171 cm³/mol. The molecule has 0 spiro atoms. The molecule has 6 rings (SSSR count). The van der Waals surface area contributed by atoms with E-state index in [2.05, 4.69) is 15.6 Å². The van der Waals surface area contributed by atoms with E-state index in [1.807, 2.05) is 12.1 Å². The maximum Gasteiger partial charge on any atom is 0.352 e. The van der Waals surface area contributed by atoms with Crippen LogP contribution in [-0.2, 0) is 43.5 Å². The highest BCUT2D eigenvalue weighted by molar-refractivity contribution is 8.00. The number of allylic oxidation sites excluding steroid dienone is 1. The minimum absolute atomic E-state index is 0.0470. The highest BCUT2D eigenvalue weighted by Gasteiger charge is 2.54. The number of likely N-dealkylation sites (tertiary alicyclic amines) is 1. The summed E-state index contributed by atoms with van der Waals surface area (Å²) < 4.78 is 1.70. The zero-order chi connectivity index (χ0) is 33.2. The number of carboxylic acid groups (broad SMARTS) is 1. The van der Waals surface area contributed by atoms with Crippen molar-refractivity contribution < 1.29 is 38.8 Å². The van der Waals surface area contributed by atoms with E-state index in [9.17, 15) is 34.2 Å². The van der Waals surface area contributed by atoms with Gasteiger partial charge < -0.3 is 31.5 Å². The third kappa shape index (κ3) is 6.97. The van der Waals surface area contributed by atoms with E-state index in [1.165, 1.54) is 40.1 Å². The van der Waals surface area contributed by atoms with E-state index in [4.69, 9.17) is 5.73 Å². The van der Waals surface area contributed by atoms with Gasteiger partial charge in [-0.2, -0.15) is 4.57 Å². The number of hydrogen-bond donors (Lipinski definition) is 5. The van der Waals surface area contributed by atoms with Gasteiger partial charge in [0.25, 0.3) is 11.8 Å². The van der Waals surface area contributed by atoms with Crippen molar-refractivity contribution in [3.8, 4) is 5.75 Å². The lowest BCUT2D eigenvalue weighted by atomic mass is 10.0. The number of carboxylic acids is 1. The number of thioether (sulfide) groups is 1. The van der Waals surface area contributed by atoms with Gasteiger partial charge in [-0.05, 0) is 47.9 Å². The molecule has 2 atom stereocenters. The van der Waals surface area contributed by atoms with Crippen LogP contribution in [0.25, 0.3) is 0 Å². The number of benzene rings is 1. The van der Waals surface area contributed by atoms with E-state index >= 15 is 0 Å². The number of aromatic nitrogens is 2. The van der Waals surface area contributed by atoms with Gasteiger partial charge in [0.05, 0.1) is 12.1 Å². The molecule has 0 bridgehead atoms. The van der Waals surface area contributed by atoms with E-state index in [0.29, 0.717) is 47.2 Å². The lowest BCUT2D eigenvalue weighted by Gasteiger charge is -2.49. The Labute approximate surface area is 276 Å². The number of nitrogen functional groups attached to an aromatic ring is 1. The molecule has 2 saturated heterocycles. The van der Waals surface area contributed by atoms with Gasteiger partial charge in [-0.15, -0.1) is 23.1 Å². The van der Waals surface area contributed by atoms with Crippen LogP contribution in [0.15, 0.2) is 77.1 Å². The fourth-order valence-electron chi connectivity index (χ4n) is 5.54. The van der Waals surface area contributed by atoms with Crippen molar-refractivity contribution in [2.45, 2.75) is 37.3 Å². The van der Waals surface area contributed by atoms with Crippen LogP contribution in [0.5, 0.6) is 5.75 Å². The number of phenols is 1. The van der Waals surface area contributed by atoms with Gasteiger partial charge in [0.15, 0.2) is 17.5 Å². The molecule has 0 radical (unpaired) electrons. The number of carbonyl (C=O) groups is 5. The normalized spacial score (nSPS) is 19.9. The van der Waals surface area contributed by atoms with E-state index in [-0.39, 0.29) is 42.0 Å². The number of hydrogen-bond acceptors (Lipinski definition) is 10. The number of anilines is 2. The SMILES string of the molecule is Nc1nc(CC(=O)N[C@@H]2C(=O)N3C(C(=O)O)=C(/C=C4\CCN(Cc5cc[n+](CC(=O)Nc6ccc(O)cc6)cc5)C4=O)CS[C@H]23)cs1. The molecule has 14 nitrogen and oxygen atoms in total. The number of thiazole rings is 1. The second-order valence-electron chi connectivity index (χ2n) is 11.1. The summed E-state index contributed by atoms with van der Waals surface area (Å²) in [6, 6.07) is 8.95. The molecule has 5 heterocycles. The third-order valence-electron chi connectivity index (χ3n) is 7.80. The second-order valence-corrected chi connectivity index (χ2v) is 13.1. The number of phenolic OH excluding ortho intramolecular Hbond substituents is 1. The zero-order valence-corrected chi connectivity index (χ0v) is 26.4. The van der Waals surface area contributed by atoms with Crippen molar-refractivity contribution in [3.63, 3.8) is 0 Å². The summed E-state index contributed by atoms with van der Waals surface area (Å²) in [5, 5.41) is 26.3. The number of nitrogens with one attached hydrogen (secondary N) is 2. The summed E-state index contributed by atoms with van der Waals surface area (Å²) in [6.45, 7) is 0.852. The molecule has 2 aromatic heterocycles. The molecule has 0 aliphatic carbocycles. The zero-order valence-electron chi connectivity index (χ0n) is 24.8. The van der Waals surface area contributed by atoms with Crippen LogP contribution in [-0.4, -0.2) is 78.3 Å². The fraction of sp³-hybridized carbons (Fsp3) is 0.258. The first-order valence-corrected chi connectivity index (χ1v) is 16.5. The number of carbonyl (C=O) groups excluding carboxylic acids is 4. The van der Waals surface area contributed by atoms with Gasteiger partial charge in [0, 0.05) is 47.6 Å². The lowest BCUT2D eigenvalue weighted by Crippen LogP contribution is -2.70. The van der Waals surface area contributed by atoms with Gasteiger partial charge in [-0.25, -0.2) is 9.78 Å². The first-order valence-electron chi connectivity index (χ1n) is 14.5. The Bertz CT molecular complexity index is 1820. The van der Waals surface area contributed by atoms with E-state index < -0.39 is 29.2 Å². The summed E-state index contributed by atoms with van der Waals surface area (Å²) in [5.41, 5.74) is 8.16. The minimum atomic E-state index is -1.28. The number of rotatable bonds is 10. The average molecular weight is 677 g/mol. The highest BCUT2D eigenvalue weighted by Crippen LogP contribution is 2.41. The van der Waals surface area contributed by atoms with Gasteiger partial charge in [-0.3, -0.25) is 24.1 Å². The summed E-state index contributed by atoms with van der Waals surface area (Å²) >= 11 is 2.53. The molecule has 3 aliphatic rings. The number of aliphatic carboxylic acids is 1. The molecule has 3 aromatic rings. The monoisotopic (exact) mass is 676 g/mol. The van der Waals surface area contributed by atoms with Crippen molar-refractivity contribution in [3.05, 3.63) is 88.3 Å². The Morgan fingerprint density at radius 3 is 2.53 bits per heavy atom. The molecule has 1 aromatic carbocycles. The fourth-order valence-corrected chi connectivity index (χ4v) is 7.41. The average Bonchev–Trinajstić information content (AvgIpc) is 3.61. The molecular weight excluding hydrogens is 647 g/mol. The summed E-state index contributed by atoms with van der Waals surface area (Å²) in [4.78, 5) is 70.4. The van der Waals surface area contributed by atoms with Crippen LogP contribution in [0, 0.1) is 0 Å².